The summed E-state index contributed by atoms with van der Waals surface area (Å²) in [4.78, 5) is 35.8. The fraction of sp³-hybridized carbons (Fsp3) is 0.250. The minimum atomic E-state index is -1.02. The van der Waals surface area contributed by atoms with Crippen LogP contribution in [0.25, 0.3) is 0 Å². The van der Waals surface area contributed by atoms with Gasteiger partial charge >= 0.3 is 5.97 Å². The summed E-state index contributed by atoms with van der Waals surface area (Å²) in [5.74, 6) is -0.246. The smallest absolute Gasteiger partial charge is 0.338 e. The zero-order valence-electron chi connectivity index (χ0n) is 15.5. The highest BCUT2D eigenvalue weighted by Gasteiger charge is 2.20. The third kappa shape index (κ3) is 4.79. The molecule has 1 atom stereocenters. The summed E-state index contributed by atoms with van der Waals surface area (Å²) >= 11 is 0. The highest BCUT2D eigenvalue weighted by molar-refractivity contribution is 5.98. The van der Waals surface area contributed by atoms with Gasteiger partial charge in [0.2, 0.25) is 5.91 Å². The second-order valence-electron chi connectivity index (χ2n) is 6.16. The summed E-state index contributed by atoms with van der Waals surface area (Å²) < 4.78 is 16.1. The van der Waals surface area contributed by atoms with Crippen LogP contribution in [0.3, 0.4) is 0 Å². The number of ether oxygens (including phenoxy) is 3. The van der Waals surface area contributed by atoms with E-state index in [0.29, 0.717) is 36.1 Å². The third-order valence-corrected chi connectivity index (χ3v) is 3.88. The van der Waals surface area contributed by atoms with E-state index in [2.05, 4.69) is 10.6 Å². The number of nitrogens with one attached hydrogen (secondary N) is 2. The molecule has 8 heteroatoms. The largest absolute Gasteiger partial charge is 0.486 e. The molecule has 28 heavy (non-hydrogen) atoms. The van der Waals surface area contributed by atoms with Gasteiger partial charge in [0.15, 0.2) is 17.6 Å². The lowest BCUT2D eigenvalue weighted by atomic mass is 10.2. The molecule has 2 aromatic rings. The van der Waals surface area contributed by atoms with E-state index in [1.807, 2.05) is 0 Å². The molecule has 1 aliphatic heterocycles. The molecule has 0 unspecified atom stereocenters. The van der Waals surface area contributed by atoms with Crippen LogP contribution in [0.4, 0.5) is 11.4 Å². The first-order valence-electron chi connectivity index (χ1n) is 8.71. The van der Waals surface area contributed by atoms with E-state index in [1.54, 1.807) is 36.4 Å². The molecule has 146 valence electrons. The van der Waals surface area contributed by atoms with E-state index < -0.39 is 18.0 Å². The number of carbonyl (C=O) groups excluding carboxylic acids is 3. The van der Waals surface area contributed by atoms with Crippen LogP contribution in [0.5, 0.6) is 11.5 Å². The van der Waals surface area contributed by atoms with Crippen molar-refractivity contribution in [1.29, 1.82) is 0 Å². The fourth-order valence-corrected chi connectivity index (χ4v) is 2.57. The monoisotopic (exact) mass is 384 g/mol. The maximum absolute atomic E-state index is 12.3. The Hall–Kier alpha value is -3.55. The van der Waals surface area contributed by atoms with E-state index >= 15 is 0 Å². The van der Waals surface area contributed by atoms with Crippen LogP contribution >= 0.6 is 0 Å². The van der Waals surface area contributed by atoms with Crippen molar-refractivity contribution in [3.8, 4) is 11.5 Å². The summed E-state index contributed by atoms with van der Waals surface area (Å²) in [7, 11) is 0. The fourth-order valence-electron chi connectivity index (χ4n) is 2.57. The maximum atomic E-state index is 12.3. The van der Waals surface area contributed by atoms with E-state index in [4.69, 9.17) is 14.2 Å². The Balaban J connectivity index is 1.61. The number of fused-ring (bicyclic) bond motifs is 1. The maximum Gasteiger partial charge on any atom is 0.338 e. The van der Waals surface area contributed by atoms with Crippen molar-refractivity contribution in [1.82, 2.24) is 0 Å². The zero-order chi connectivity index (χ0) is 20.1. The number of amides is 2. The molecule has 0 saturated carbocycles. The molecule has 1 aliphatic rings. The molecular formula is C20H20N2O6. The van der Waals surface area contributed by atoms with Crippen LogP contribution in [0, 0.1) is 0 Å². The average Bonchev–Trinajstić information content (AvgIpc) is 2.67. The lowest BCUT2D eigenvalue weighted by molar-refractivity contribution is -0.123. The molecule has 0 spiro atoms. The van der Waals surface area contributed by atoms with Crippen molar-refractivity contribution in [2.75, 3.05) is 23.8 Å². The number of hydrogen-bond donors (Lipinski definition) is 2. The molecule has 0 radical (unpaired) electrons. The van der Waals surface area contributed by atoms with E-state index in [1.165, 1.54) is 19.9 Å². The lowest BCUT2D eigenvalue weighted by Gasteiger charge is -2.19. The summed E-state index contributed by atoms with van der Waals surface area (Å²) in [5, 5.41) is 5.26. The summed E-state index contributed by atoms with van der Waals surface area (Å²) in [5.41, 5.74) is 1.20. The van der Waals surface area contributed by atoms with Crippen LogP contribution < -0.4 is 20.1 Å². The Morgan fingerprint density at radius 2 is 1.68 bits per heavy atom. The molecule has 0 aliphatic carbocycles. The van der Waals surface area contributed by atoms with Crippen molar-refractivity contribution in [2.24, 2.45) is 0 Å². The number of esters is 1. The molecule has 2 N–H and O–H groups in total. The van der Waals surface area contributed by atoms with Crippen molar-refractivity contribution in [3.63, 3.8) is 0 Å². The first kappa shape index (κ1) is 19.2. The molecule has 2 aromatic carbocycles. The highest BCUT2D eigenvalue weighted by Crippen LogP contribution is 2.32. The zero-order valence-corrected chi connectivity index (χ0v) is 15.5. The quantitative estimate of drug-likeness (QED) is 0.768. The van der Waals surface area contributed by atoms with Crippen LogP contribution in [0.1, 0.15) is 24.2 Å². The number of rotatable bonds is 5. The molecule has 0 fully saturated rings. The van der Waals surface area contributed by atoms with Crippen molar-refractivity contribution in [3.05, 3.63) is 48.0 Å². The minimum absolute atomic E-state index is 0.227. The number of anilines is 2. The van der Waals surface area contributed by atoms with Gasteiger partial charge in [-0.05, 0) is 37.3 Å². The highest BCUT2D eigenvalue weighted by atomic mass is 16.6. The Bertz CT molecular complexity index is 911. The number of benzene rings is 2. The molecule has 0 saturated heterocycles. The molecular weight excluding hydrogens is 364 g/mol. The first-order valence-corrected chi connectivity index (χ1v) is 8.71. The normalized spacial score (nSPS) is 13.2. The molecule has 8 nitrogen and oxygen atoms in total. The van der Waals surface area contributed by atoms with Crippen molar-refractivity contribution < 1.29 is 28.6 Å². The van der Waals surface area contributed by atoms with Gasteiger partial charge in [-0.1, -0.05) is 6.07 Å². The minimum Gasteiger partial charge on any atom is -0.486 e. The summed E-state index contributed by atoms with van der Waals surface area (Å²) in [6, 6.07) is 11.3. The van der Waals surface area contributed by atoms with Crippen LogP contribution in [0.15, 0.2) is 42.5 Å². The number of hydrogen-bond acceptors (Lipinski definition) is 6. The predicted molar refractivity (Wildman–Crippen MR) is 102 cm³/mol. The van der Waals surface area contributed by atoms with Gasteiger partial charge in [0.25, 0.3) is 5.91 Å². The molecule has 0 bridgehead atoms. The Labute approximate surface area is 161 Å². The van der Waals surface area contributed by atoms with Gasteiger partial charge in [0.05, 0.1) is 5.56 Å². The standard InChI is InChI=1S/C20H20N2O6/c1-12(28-20(25)14-4-3-5-15(10-14)21-13(2)23)19(24)22-16-6-7-17-18(11-16)27-9-8-26-17/h3-7,10-12H,8-9H2,1-2H3,(H,21,23)(H,22,24)/t12-/m1/s1. The Morgan fingerprint density at radius 1 is 0.964 bits per heavy atom. The van der Waals surface area contributed by atoms with Gasteiger partial charge in [-0.15, -0.1) is 0 Å². The van der Waals surface area contributed by atoms with Crippen molar-refractivity contribution >= 4 is 29.2 Å². The molecule has 2 amide bonds. The van der Waals surface area contributed by atoms with Crippen LogP contribution in [-0.4, -0.2) is 37.1 Å². The molecule has 1 heterocycles. The lowest BCUT2D eigenvalue weighted by Crippen LogP contribution is -2.30. The second kappa shape index (κ2) is 8.43. The molecule has 3 rings (SSSR count). The van der Waals surface area contributed by atoms with Gasteiger partial charge in [-0.2, -0.15) is 0 Å². The van der Waals surface area contributed by atoms with Gasteiger partial charge in [0, 0.05) is 24.4 Å². The SMILES string of the molecule is CC(=O)Nc1cccc(C(=O)O[C@H](C)C(=O)Nc2ccc3c(c2)OCCO3)c1. The van der Waals surface area contributed by atoms with E-state index in [9.17, 15) is 14.4 Å². The molecule has 0 aromatic heterocycles. The van der Waals surface area contributed by atoms with Gasteiger partial charge in [0.1, 0.15) is 13.2 Å². The third-order valence-electron chi connectivity index (χ3n) is 3.88. The average molecular weight is 384 g/mol. The van der Waals surface area contributed by atoms with Gasteiger partial charge in [-0.3, -0.25) is 9.59 Å². The van der Waals surface area contributed by atoms with Gasteiger partial charge < -0.3 is 24.8 Å². The predicted octanol–water partition coefficient (Wildman–Crippen LogP) is 2.60. The Morgan fingerprint density at radius 3 is 2.43 bits per heavy atom. The first-order chi connectivity index (χ1) is 13.4. The van der Waals surface area contributed by atoms with E-state index in [0.717, 1.165) is 0 Å². The summed E-state index contributed by atoms with van der Waals surface area (Å²) in [6.45, 7) is 3.77. The van der Waals surface area contributed by atoms with Crippen molar-refractivity contribution in [2.45, 2.75) is 20.0 Å². The summed E-state index contributed by atoms with van der Waals surface area (Å²) in [6.07, 6.45) is -1.02. The second-order valence-corrected chi connectivity index (χ2v) is 6.16. The van der Waals surface area contributed by atoms with Crippen LogP contribution in [-0.2, 0) is 14.3 Å². The topological polar surface area (TPSA) is 103 Å². The Kier molecular flexibility index (Phi) is 5.78. The van der Waals surface area contributed by atoms with E-state index in [-0.39, 0.29) is 11.5 Å². The number of carbonyl (C=O) groups is 3. The van der Waals surface area contributed by atoms with Crippen LogP contribution in [0.2, 0.25) is 0 Å². The van der Waals surface area contributed by atoms with Gasteiger partial charge in [-0.25, -0.2) is 4.79 Å².